The zero-order valence-electron chi connectivity index (χ0n) is 18.3. The molecule has 0 saturated carbocycles. The standard InChI is InChI=1S/C26H21Cl2F2NO3/c1-2-33-26(32)22-10-15(7-9-23(22)29)19-4-3-5-20(19)21-11-18(28)13-31-25(21)34-14-16-6-8-17(27)12-24(16)30/h6-13H,2-5,14H2,1H3. The molecule has 8 heteroatoms. The van der Waals surface area contributed by atoms with Gasteiger partial charge in [-0.15, -0.1) is 0 Å². The highest BCUT2D eigenvalue weighted by Crippen LogP contribution is 2.43. The smallest absolute Gasteiger partial charge is 0.341 e. The number of nitrogens with zero attached hydrogens (tertiary/aromatic N) is 1. The van der Waals surface area contributed by atoms with Crippen LogP contribution in [0.5, 0.6) is 5.88 Å². The molecule has 0 atom stereocenters. The highest BCUT2D eigenvalue weighted by atomic mass is 35.5. The summed E-state index contributed by atoms with van der Waals surface area (Å²) in [4.78, 5) is 16.5. The molecular formula is C26H21Cl2F2NO3. The van der Waals surface area contributed by atoms with E-state index in [1.54, 1.807) is 31.2 Å². The van der Waals surface area contributed by atoms with E-state index in [4.69, 9.17) is 32.7 Å². The molecule has 2 aromatic carbocycles. The second-order valence-electron chi connectivity index (χ2n) is 7.76. The normalized spacial score (nSPS) is 13.3. The van der Waals surface area contributed by atoms with Gasteiger partial charge in [-0.25, -0.2) is 18.6 Å². The van der Waals surface area contributed by atoms with Gasteiger partial charge in [0.25, 0.3) is 0 Å². The lowest BCUT2D eigenvalue weighted by Gasteiger charge is -2.15. The number of carbonyl (C=O) groups is 1. The molecule has 1 aliphatic carbocycles. The van der Waals surface area contributed by atoms with E-state index in [1.807, 2.05) is 0 Å². The molecule has 0 N–H and O–H groups in total. The third-order valence-electron chi connectivity index (χ3n) is 5.55. The number of pyridine rings is 1. The molecule has 1 heterocycles. The summed E-state index contributed by atoms with van der Waals surface area (Å²) in [5, 5.41) is 0.721. The number of halogens is 4. The minimum atomic E-state index is -0.708. The van der Waals surface area contributed by atoms with Gasteiger partial charge in [0.05, 0.1) is 17.2 Å². The predicted molar refractivity (Wildman–Crippen MR) is 128 cm³/mol. The van der Waals surface area contributed by atoms with Gasteiger partial charge in [0.15, 0.2) is 0 Å². The van der Waals surface area contributed by atoms with Crippen LogP contribution in [0.1, 0.15) is 53.2 Å². The van der Waals surface area contributed by atoms with Crippen LogP contribution in [0.4, 0.5) is 8.78 Å². The molecule has 0 amide bonds. The Labute approximate surface area is 206 Å². The van der Waals surface area contributed by atoms with Crippen LogP contribution in [0.25, 0.3) is 11.1 Å². The Bertz CT molecular complexity index is 1280. The SMILES string of the molecule is CCOC(=O)c1cc(C2=C(c3cc(Cl)cnc3OCc3ccc(Cl)cc3F)CCC2)ccc1F. The average Bonchev–Trinajstić information content (AvgIpc) is 3.29. The molecule has 0 spiro atoms. The van der Waals surface area contributed by atoms with Gasteiger partial charge < -0.3 is 9.47 Å². The van der Waals surface area contributed by atoms with Crippen LogP contribution in [-0.4, -0.2) is 17.6 Å². The fourth-order valence-corrected chi connectivity index (χ4v) is 4.30. The molecule has 0 saturated heterocycles. The van der Waals surface area contributed by atoms with E-state index in [1.165, 1.54) is 24.4 Å². The van der Waals surface area contributed by atoms with Crippen LogP contribution in [0.15, 0.2) is 48.7 Å². The highest BCUT2D eigenvalue weighted by molar-refractivity contribution is 6.31. The highest BCUT2D eigenvalue weighted by Gasteiger charge is 2.24. The first-order valence-electron chi connectivity index (χ1n) is 10.8. The van der Waals surface area contributed by atoms with Crippen molar-refractivity contribution in [1.82, 2.24) is 4.98 Å². The third kappa shape index (κ3) is 5.24. The summed E-state index contributed by atoms with van der Waals surface area (Å²) in [6, 6.07) is 10.5. The van der Waals surface area contributed by atoms with E-state index in [2.05, 4.69) is 4.98 Å². The third-order valence-corrected chi connectivity index (χ3v) is 5.99. The number of hydrogen-bond acceptors (Lipinski definition) is 4. The Morgan fingerprint density at radius 3 is 2.56 bits per heavy atom. The summed E-state index contributed by atoms with van der Waals surface area (Å²) in [6.45, 7) is 1.77. The lowest BCUT2D eigenvalue weighted by atomic mass is 9.96. The monoisotopic (exact) mass is 503 g/mol. The van der Waals surface area contributed by atoms with Crippen LogP contribution in [0.2, 0.25) is 10.0 Å². The van der Waals surface area contributed by atoms with Crippen LogP contribution >= 0.6 is 23.2 Å². The molecule has 0 unspecified atom stereocenters. The van der Waals surface area contributed by atoms with E-state index >= 15 is 0 Å². The Kier molecular flexibility index (Phi) is 7.49. The molecule has 1 aliphatic rings. The summed E-state index contributed by atoms with van der Waals surface area (Å²) in [5.74, 6) is -1.51. The fourth-order valence-electron chi connectivity index (χ4n) is 3.98. The minimum absolute atomic E-state index is 0.0448. The van der Waals surface area contributed by atoms with Crippen molar-refractivity contribution in [2.75, 3.05) is 6.61 Å². The number of hydrogen-bond donors (Lipinski definition) is 0. The molecule has 1 aromatic heterocycles. The van der Waals surface area contributed by atoms with Crippen molar-refractivity contribution in [3.63, 3.8) is 0 Å². The molecule has 0 radical (unpaired) electrons. The van der Waals surface area contributed by atoms with Crippen molar-refractivity contribution in [2.45, 2.75) is 32.8 Å². The number of esters is 1. The van der Waals surface area contributed by atoms with Gasteiger partial charge >= 0.3 is 5.97 Å². The van der Waals surface area contributed by atoms with E-state index in [-0.39, 0.29) is 18.8 Å². The Balaban J connectivity index is 1.71. The summed E-state index contributed by atoms with van der Waals surface area (Å²) < 4.78 is 39.4. The molecule has 4 nitrogen and oxygen atoms in total. The van der Waals surface area contributed by atoms with E-state index in [0.29, 0.717) is 32.6 Å². The average molecular weight is 504 g/mol. The lowest BCUT2D eigenvalue weighted by molar-refractivity contribution is 0.0521. The summed E-state index contributed by atoms with van der Waals surface area (Å²) in [7, 11) is 0. The van der Waals surface area contributed by atoms with Crippen LogP contribution < -0.4 is 4.74 Å². The minimum Gasteiger partial charge on any atom is -0.472 e. The van der Waals surface area contributed by atoms with Crippen molar-refractivity contribution in [3.8, 4) is 5.88 Å². The van der Waals surface area contributed by atoms with Gasteiger partial charge in [-0.3, -0.25) is 0 Å². The maximum Gasteiger partial charge on any atom is 0.341 e. The zero-order chi connectivity index (χ0) is 24.2. The second kappa shape index (κ2) is 10.5. The van der Waals surface area contributed by atoms with Gasteiger partial charge in [-0.2, -0.15) is 0 Å². The van der Waals surface area contributed by atoms with Crippen LogP contribution in [0, 0.1) is 11.6 Å². The molecule has 0 fully saturated rings. The number of aromatic nitrogens is 1. The van der Waals surface area contributed by atoms with Gasteiger partial charge in [0.2, 0.25) is 5.88 Å². The summed E-state index contributed by atoms with van der Waals surface area (Å²) >= 11 is 12.1. The Hall–Kier alpha value is -2.96. The molecular weight excluding hydrogens is 483 g/mol. The quantitative estimate of drug-likeness (QED) is 0.313. The molecule has 0 bridgehead atoms. The van der Waals surface area contributed by atoms with E-state index in [0.717, 1.165) is 30.4 Å². The van der Waals surface area contributed by atoms with Gasteiger partial charge in [-0.05, 0) is 73.2 Å². The van der Waals surface area contributed by atoms with Gasteiger partial charge in [0.1, 0.15) is 18.2 Å². The van der Waals surface area contributed by atoms with Crippen LogP contribution in [0.3, 0.4) is 0 Å². The Morgan fingerprint density at radius 2 is 1.79 bits per heavy atom. The second-order valence-corrected chi connectivity index (χ2v) is 8.63. The maximum atomic E-state index is 14.3. The summed E-state index contributed by atoms with van der Waals surface area (Å²) in [6.07, 6.45) is 3.76. The molecule has 34 heavy (non-hydrogen) atoms. The maximum absolute atomic E-state index is 14.3. The molecule has 3 aromatic rings. The first-order valence-corrected chi connectivity index (χ1v) is 11.5. The first kappa shape index (κ1) is 24.2. The van der Waals surface area contributed by atoms with E-state index in [9.17, 15) is 13.6 Å². The summed E-state index contributed by atoms with van der Waals surface area (Å²) in [5.41, 5.74) is 3.49. The number of allylic oxidation sites excluding steroid dienone is 2. The van der Waals surface area contributed by atoms with Crippen LogP contribution in [-0.2, 0) is 11.3 Å². The number of ether oxygens (including phenoxy) is 2. The zero-order valence-corrected chi connectivity index (χ0v) is 19.9. The van der Waals surface area contributed by atoms with Crippen molar-refractivity contribution in [2.24, 2.45) is 0 Å². The van der Waals surface area contributed by atoms with E-state index < -0.39 is 17.6 Å². The lowest BCUT2D eigenvalue weighted by Crippen LogP contribution is -2.08. The predicted octanol–water partition coefficient (Wildman–Crippen LogP) is 7.52. The van der Waals surface area contributed by atoms with Crippen molar-refractivity contribution in [3.05, 3.63) is 92.6 Å². The largest absolute Gasteiger partial charge is 0.472 e. The molecule has 0 aliphatic heterocycles. The number of rotatable bonds is 7. The topological polar surface area (TPSA) is 48.4 Å². The molecule has 176 valence electrons. The van der Waals surface area contributed by atoms with Gasteiger partial charge in [-0.1, -0.05) is 35.3 Å². The molecule has 4 rings (SSSR count). The number of benzene rings is 2. The number of carbonyl (C=O) groups excluding carboxylic acids is 1. The van der Waals surface area contributed by atoms with Gasteiger partial charge in [0, 0.05) is 22.3 Å². The fraction of sp³-hybridized carbons (Fsp3) is 0.231. The van der Waals surface area contributed by atoms with Crippen molar-refractivity contribution < 1.29 is 23.0 Å². The van der Waals surface area contributed by atoms with Crippen molar-refractivity contribution >= 4 is 40.3 Å². The van der Waals surface area contributed by atoms with Crippen molar-refractivity contribution in [1.29, 1.82) is 0 Å². The Morgan fingerprint density at radius 1 is 1.00 bits per heavy atom. The first-order chi connectivity index (χ1) is 16.4.